The number of ketones is 1. The molecule has 0 radical (unpaired) electrons. The number of carboxylic acid groups (broad SMARTS) is 1. The molecular formula is C9H20N2O3. The van der Waals surface area contributed by atoms with E-state index in [0.717, 1.165) is 12.8 Å². The van der Waals surface area contributed by atoms with Gasteiger partial charge in [-0.2, -0.15) is 0 Å². The lowest BCUT2D eigenvalue weighted by Crippen LogP contribution is -2.29. The Hall–Kier alpha value is -0.940. The molecule has 0 heterocycles. The molecule has 0 rings (SSSR count). The van der Waals surface area contributed by atoms with Crippen molar-refractivity contribution < 1.29 is 14.7 Å². The van der Waals surface area contributed by atoms with Gasteiger partial charge in [0.1, 0.15) is 11.8 Å². The van der Waals surface area contributed by atoms with Crippen LogP contribution >= 0.6 is 0 Å². The van der Waals surface area contributed by atoms with Gasteiger partial charge in [0.05, 0.1) is 0 Å². The van der Waals surface area contributed by atoms with Crippen molar-refractivity contribution in [3.63, 3.8) is 0 Å². The minimum absolute atomic E-state index is 0.167. The van der Waals surface area contributed by atoms with Gasteiger partial charge in [0.2, 0.25) is 0 Å². The van der Waals surface area contributed by atoms with E-state index in [1.54, 1.807) is 0 Å². The molecule has 5 N–H and O–H groups in total. The molecule has 0 saturated heterocycles. The Labute approximate surface area is 84.5 Å². The van der Waals surface area contributed by atoms with E-state index in [4.69, 9.17) is 16.6 Å². The van der Waals surface area contributed by atoms with Crippen LogP contribution in [-0.2, 0) is 9.59 Å². The third kappa shape index (κ3) is 17.2. The van der Waals surface area contributed by atoms with Gasteiger partial charge in [-0.25, -0.2) is 0 Å². The van der Waals surface area contributed by atoms with E-state index in [9.17, 15) is 9.59 Å². The summed E-state index contributed by atoms with van der Waals surface area (Å²) in [6.07, 6.45) is 2.16. The van der Waals surface area contributed by atoms with Gasteiger partial charge in [0.15, 0.2) is 0 Å². The number of hydrogen-bond donors (Lipinski definition) is 3. The number of aliphatic carboxylic acids is 1. The summed E-state index contributed by atoms with van der Waals surface area (Å²) in [5.41, 5.74) is 10.4. The third-order valence-electron chi connectivity index (χ3n) is 1.29. The molecule has 0 bridgehead atoms. The number of carboxylic acids is 1. The lowest BCUT2D eigenvalue weighted by atomic mass is 10.1. The van der Waals surface area contributed by atoms with Crippen LogP contribution in [0.1, 0.15) is 33.1 Å². The number of hydrogen-bond acceptors (Lipinski definition) is 4. The summed E-state index contributed by atoms with van der Waals surface area (Å²) >= 11 is 0. The van der Waals surface area contributed by atoms with Gasteiger partial charge in [-0.1, -0.05) is 6.42 Å². The first-order chi connectivity index (χ1) is 6.41. The first kappa shape index (κ1) is 15.5. The van der Waals surface area contributed by atoms with Crippen LogP contribution in [0, 0.1) is 0 Å². The Morgan fingerprint density at radius 1 is 1.29 bits per heavy atom. The minimum Gasteiger partial charge on any atom is -0.480 e. The summed E-state index contributed by atoms with van der Waals surface area (Å²) in [5.74, 6) is -0.767. The normalized spacial score (nSPS) is 11.1. The maximum Gasteiger partial charge on any atom is 0.320 e. The van der Waals surface area contributed by atoms with Crippen LogP contribution in [0.25, 0.3) is 0 Å². The van der Waals surface area contributed by atoms with Crippen molar-refractivity contribution in [1.82, 2.24) is 0 Å². The van der Waals surface area contributed by atoms with Crippen molar-refractivity contribution in [2.75, 3.05) is 6.54 Å². The van der Waals surface area contributed by atoms with Crippen LogP contribution in [-0.4, -0.2) is 29.4 Å². The molecule has 1 unspecified atom stereocenters. The Morgan fingerprint density at radius 2 is 1.71 bits per heavy atom. The molecule has 0 spiro atoms. The molecule has 0 fully saturated rings. The highest BCUT2D eigenvalue weighted by molar-refractivity contribution is 5.73. The van der Waals surface area contributed by atoms with Crippen molar-refractivity contribution in [3.8, 4) is 0 Å². The van der Waals surface area contributed by atoms with Crippen LogP contribution in [0.4, 0.5) is 0 Å². The highest BCUT2D eigenvalue weighted by atomic mass is 16.4. The Morgan fingerprint density at radius 3 is 2.00 bits per heavy atom. The van der Waals surface area contributed by atoms with Gasteiger partial charge in [-0.15, -0.1) is 0 Å². The minimum atomic E-state index is -0.933. The second-order valence-electron chi connectivity index (χ2n) is 3.14. The summed E-state index contributed by atoms with van der Waals surface area (Å²) in [4.78, 5) is 19.6. The standard InChI is InChI=1S/C6H14N2O2.C3H6O/c7-4-2-1-3-5(8)6(9)10;1-3(2)4/h5H,1-4,7-8H2,(H,9,10);1-2H3. The lowest BCUT2D eigenvalue weighted by molar-refractivity contribution is -0.138. The van der Waals surface area contributed by atoms with Gasteiger partial charge >= 0.3 is 5.97 Å². The predicted octanol–water partition coefficient (Wildman–Crippen LogP) is 0.123. The molecule has 5 heteroatoms. The fourth-order valence-electron chi connectivity index (χ4n) is 0.632. The molecule has 0 amide bonds. The first-order valence-corrected chi connectivity index (χ1v) is 4.57. The summed E-state index contributed by atoms with van der Waals surface area (Å²) < 4.78 is 0. The molecule has 0 saturated carbocycles. The molecule has 0 aliphatic carbocycles. The summed E-state index contributed by atoms with van der Waals surface area (Å²) in [6.45, 7) is 3.66. The third-order valence-corrected chi connectivity index (χ3v) is 1.29. The molecular weight excluding hydrogens is 184 g/mol. The SMILES string of the molecule is CC(C)=O.NCCCCC(N)C(=O)O. The average molecular weight is 204 g/mol. The molecule has 5 nitrogen and oxygen atoms in total. The first-order valence-electron chi connectivity index (χ1n) is 4.57. The van der Waals surface area contributed by atoms with Crippen molar-refractivity contribution in [1.29, 1.82) is 0 Å². The van der Waals surface area contributed by atoms with Crippen molar-refractivity contribution in [3.05, 3.63) is 0 Å². The zero-order valence-electron chi connectivity index (χ0n) is 8.82. The average Bonchev–Trinajstić information content (AvgIpc) is 2.03. The van der Waals surface area contributed by atoms with Crippen LogP contribution < -0.4 is 11.5 Å². The largest absolute Gasteiger partial charge is 0.480 e. The number of carbonyl (C=O) groups excluding carboxylic acids is 1. The molecule has 84 valence electrons. The predicted molar refractivity (Wildman–Crippen MR) is 54.9 cm³/mol. The van der Waals surface area contributed by atoms with Crippen LogP contribution in [0.15, 0.2) is 0 Å². The fourth-order valence-corrected chi connectivity index (χ4v) is 0.632. The Kier molecular flexibility index (Phi) is 11.3. The maximum absolute atomic E-state index is 10.1. The molecule has 0 aliphatic heterocycles. The van der Waals surface area contributed by atoms with Gasteiger partial charge in [-0.3, -0.25) is 4.79 Å². The monoisotopic (exact) mass is 204 g/mol. The van der Waals surface area contributed by atoms with E-state index in [-0.39, 0.29) is 5.78 Å². The quantitative estimate of drug-likeness (QED) is 0.551. The summed E-state index contributed by atoms with van der Waals surface area (Å²) in [5, 5.41) is 8.33. The second-order valence-corrected chi connectivity index (χ2v) is 3.14. The van der Waals surface area contributed by atoms with Crippen LogP contribution in [0.2, 0.25) is 0 Å². The molecule has 0 aromatic rings. The highest BCUT2D eigenvalue weighted by Crippen LogP contribution is 1.96. The Bertz CT molecular complexity index is 167. The zero-order valence-corrected chi connectivity index (χ0v) is 8.82. The molecule has 0 aliphatic rings. The fraction of sp³-hybridized carbons (Fsp3) is 0.778. The summed E-state index contributed by atoms with van der Waals surface area (Å²) in [6, 6.07) is -0.716. The second kappa shape index (κ2) is 10.1. The number of rotatable bonds is 5. The molecule has 0 aromatic heterocycles. The van der Waals surface area contributed by atoms with Crippen molar-refractivity contribution in [2.45, 2.75) is 39.2 Å². The van der Waals surface area contributed by atoms with Crippen molar-refractivity contribution in [2.24, 2.45) is 11.5 Å². The zero-order chi connectivity index (χ0) is 11.6. The van der Waals surface area contributed by atoms with E-state index in [0.29, 0.717) is 13.0 Å². The number of nitrogens with two attached hydrogens (primary N) is 2. The van der Waals surface area contributed by atoms with E-state index in [2.05, 4.69) is 0 Å². The van der Waals surface area contributed by atoms with E-state index in [1.807, 2.05) is 0 Å². The van der Waals surface area contributed by atoms with Crippen LogP contribution in [0.3, 0.4) is 0 Å². The smallest absolute Gasteiger partial charge is 0.320 e. The van der Waals surface area contributed by atoms with Gasteiger partial charge in [0.25, 0.3) is 0 Å². The van der Waals surface area contributed by atoms with E-state index >= 15 is 0 Å². The van der Waals surface area contributed by atoms with Gasteiger partial charge in [0, 0.05) is 0 Å². The number of carbonyl (C=O) groups is 2. The number of Topliss-reactive ketones (excluding diaryl/α,β-unsaturated/α-hetero) is 1. The summed E-state index contributed by atoms with van der Waals surface area (Å²) in [7, 11) is 0. The van der Waals surface area contributed by atoms with E-state index < -0.39 is 12.0 Å². The van der Waals surface area contributed by atoms with Crippen molar-refractivity contribution >= 4 is 11.8 Å². The molecule has 1 atom stereocenters. The lowest BCUT2D eigenvalue weighted by Gasteiger charge is -2.03. The topological polar surface area (TPSA) is 106 Å². The number of unbranched alkanes of at least 4 members (excludes halogenated alkanes) is 1. The highest BCUT2D eigenvalue weighted by Gasteiger charge is 2.09. The van der Waals surface area contributed by atoms with Gasteiger partial charge in [-0.05, 0) is 33.2 Å². The molecule has 0 aromatic carbocycles. The van der Waals surface area contributed by atoms with Gasteiger partial charge < -0.3 is 21.4 Å². The Balaban J connectivity index is 0. The molecule has 14 heavy (non-hydrogen) atoms. The maximum atomic E-state index is 10.1. The van der Waals surface area contributed by atoms with Crippen LogP contribution in [0.5, 0.6) is 0 Å². The van der Waals surface area contributed by atoms with E-state index in [1.165, 1.54) is 13.8 Å².